The van der Waals surface area contributed by atoms with Crippen molar-refractivity contribution in [2.75, 3.05) is 26.7 Å². The molecule has 3 N–H and O–H groups in total. The summed E-state index contributed by atoms with van der Waals surface area (Å²) in [7, 11) is 1.97. The van der Waals surface area contributed by atoms with Gasteiger partial charge in [-0.15, -0.1) is 5.10 Å². The zero-order chi connectivity index (χ0) is 15.0. The Morgan fingerprint density at radius 2 is 2.20 bits per heavy atom. The van der Waals surface area contributed by atoms with Gasteiger partial charge in [0.2, 0.25) is 0 Å². The second-order valence-corrected chi connectivity index (χ2v) is 4.31. The van der Waals surface area contributed by atoms with Crippen LogP contribution in [0.15, 0.2) is 6.20 Å². The maximum absolute atomic E-state index is 11.5. The molecule has 2 amide bonds. The quantitative estimate of drug-likeness (QED) is 0.571. The van der Waals surface area contributed by atoms with Gasteiger partial charge in [0.05, 0.1) is 12.7 Å². The molecule has 0 saturated carbocycles. The fraction of sp³-hybridized carbons (Fsp3) is 0.636. The number of aromatic nitrogens is 3. The molecule has 0 aliphatic rings. The van der Waals surface area contributed by atoms with Crippen LogP contribution >= 0.6 is 0 Å². The van der Waals surface area contributed by atoms with Gasteiger partial charge in [-0.25, -0.2) is 9.48 Å². The predicted molar refractivity (Wildman–Crippen MR) is 71.1 cm³/mol. The fourth-order valence-electron chi connectivity index (χ4n) is 1.39. The van der Waals surface area contributed by atoms with Gasteiger partial charge in [0, 0.05) is 13.1 Å². The van der Waals surface area contributed by atoms with Crippen LogP contribution in [-0.2, 0) is 17.9 Å². The molecule has 1 aromatic rings. The van der Waals surface area contributed by atoms with Crippen LogP contribution < -0.4 is 10.6 Å². The molecule has 0 aliphatic carbocycles. The number of urea groups is 1. The number of carbonyl (C=O) groups excluding carboxylic acids is 1. The van der Waals surface area contributed by atoms with Gasteiger partial charge in [-0.1, -0.05) is 12.1 Å². The highest BCUT2D eigenvalue weighted by Gasteiger charge is 2.06. The van der Waals surface area contributed by atoms with Crippen molar-refractivity contribution in [1.29, 1.82) is 0 Å². The predicted octanol–water partition coefficient (Wildman–Crippen LogP) is -0.886. The van der Waals surface area contributed by atoms with Crippen molar-refractivity contribution in [2.24, 2.45) is 0 Å². The van der Waals surface area contributed by atoms with Crippen molar-refractivity contribution in [3.8, 4) is 0 Å². The van der Waals surface area contributed by atoms with E-state index in [4.69, 9.17) is 5.11 Å². The van der Waals surface area contributed by atoms with E-state index in [0.29, 0.717) is 12.2 Å². The van der Waals surface area contributed by atoms with Crippen molar-refractivity contribution in [2.45, 2.75) is 20.0 Å². The Kier molecular flexibility index (Phi) is 6.44. The fourth-order valence-corrected chi connectivity index (χ4v) is 1.39. The number of hydrogen-bond acceptors (Lipinski definition) is 5. The van der Waals surface area contributed by atoms with E-state index in [1.807, 2.05) is 14.0 Å². The van der Waals surface area contributed by atoms with Gasteiger partial charge in [0.1, 0.15) is 12.2 Å². The second kappa shape index (κ2) is 8.10. The van der Waals surface area contributed by atoms with E-state index in [-0.39, 0.29) is 19.1 Å². The molecule has 0 bridgehead atoms. The monoisotopic (exact) mass is 284 g/mol. The van der Waals surface area contributed by atoms with Crippen LogP contribution in [0.25, 0.3) is 0 Å². The highest BCUT2D eigenvalue weighted by atomic mass is 16.4. The summed E-state index contributed by atoms with van der Waals surface area (Å²) in [5.41, 5.74) is 0.507. The molecule has 9 nitrogen and oxygen atoms in total. The first-order chi connectivity index (χ1) is 9.51. The Morgan fingerprint density at radius 3 is 2.85 bits per heavy atom. The van der Waals surface area contributed by atoms with E-state index < -0.39 is 5.97 Å². The molecule has 1 aromatic heterocycles. The van der Waals surface area contributed by atoms with Crippen LogP contribution in [0.4, 0.5) is 4.79 Å². The maximum Gasteiger partial charge on any atom is 0.325 e. The van der Waals surface area contributed by atoms with Gasteiger partial charge >= 0.3 is 12.0 Å². The number of carbonyl (C=O) groups is 2. The van der Waals surface area contributed by atoms with Crippen LogP contribution in [0.1, 0.15) is 12.6 Å². The summed E-state index contributed by atoms with van der Waals surface area (Å²) in [6.45, 7) is 4.26. The van der Waals surface area contributed by atoms with Gasteiger partial charge in [-0.3, -0.25) is 4.79 Å². The second-order valence-electron chi connectivity index (χ2n) is 4.31. The van der Waals surface area contributed by atoms with Gasteiger partial charge in [0.15, 0.2) is 0 Å². The summed E-state index contributed by atoms with van der Waals surface area (Å²) in [5.74, 6) is -0.993. The van der Waals surface area contributed by atoms with Crippen LogP contribution in [0, 0.1) is 0 Å². The number of hydrogen-bond donors (Lipinski definition) is 3. The summed E-state index contributed by atoms with van der Waals surface area (Å²) >= 11 is 0. The largest absolute Gasteiger partial charge is 0.480 e. The maximum atomic E-state index is 11.5. The SMILES string of the molecule is CCN(C)CCNC(=O)NCc1cn(CC(=O)O)nn1. The van der Waals surface area contributed by atoms with E-state index in [0.717, 1.165) is 13.1 Å². The van der Waals surface area contributed by atoms with E-state index in [9.17, 15) is 9.59 Å². The highest BCUT2D eigenvalue weighted by molar-refractivity contribution is 5.73. The lowest BCUT2D eigenvalue weighted by Crippen LogP contribution is -2.39. The van der Waals surface area contributed by atoms with Crippen molar-refractivity contribution in [3.63, 3.8) is 0 Å². The summed E-state index contributed by atoms with van der Waals surface area (Å²) in [6, 6.07) is -0.290. The van der Waals surface area contributed by atoms with Crippen LogP contribution in [0.2, 0.25) is 0 Å². The number of aliphatic carboxylic acids is 1. The molecule has 1 rings (SSSR count). The van der Waals surface area contributed by atoms with Crippen molar-refractivity contribution in [3.05, 3.63) is 11.9 Å². The first-order valence-corrected chi connectivity index (χ1v) is 6.32. The zero-order valence-corrected chi connectivity index (χ0v) is 11.7. The molecule has 1 heterocycles. The lowest BCUT2D eigenvalue weighted by Gasteiger charge is -2.14. The summed E-state index contributed by atoms with van der Waals surface area (Å²) in [5, 5.41) is 21.3. The molecule has 0 aromatic carbocycles. The molecule has 0 atom stereocenters. The van der Waals surface area contributed by atoms with Gasteiger partial charge in [0.25, 0.3) is 0 Å². The average Bonchev–Trinajstić information content (AvgIpc) is 2.83. The molecule has 20 heavy (non-hydrogen) atoms. The molecule has 9 heteroatoms. The average molecular weight is 284 g/mol. The first kappa shape index (κ1) is 15.9. The van der Waals surface area contributed by atoms with Crippen LogP contribution in [-0.4, -0.2) is 63.7 Å². The topological polar surface area (TPSA) is 112 Å². The third kappa shape index (κ3) is 6.14. The first-order valence-electron chi connectivity index (χ1n) is 6.32. The Hall–Kier alpha value is -2.16. The van der Waals surface area contributed by atoms with Crippen molar-refractivity contribution >= 4 is 12.0 Å². The molecular weight excluding hydrogens is 264 g/mol. The molecule has 0 saturated heterocycles. The van der Waals surface area contributed by atoms with Gasteiger partial charge in [-0.2, -0.15) is 0 Å². The van der Waals surface area contributed by atoms with Crippen molar-refractivity contribution < 1.29 is 14.7 Å². The van der Waals surface area contributed by atoms with E-state index in [1.54, 1.807) is 0 Å². The molecule has 0 radical (unpaired) electrons. The minimum absolute atomic E-state index is 0.203. The van der Waals surface area contributed by atoms with E-state index >= 15 is 0 Å². The zero-order valence-electron chi connectivity index (χ0n) is 11.7. The molecule has 0 aliphatic heterocycles. The third-order valence-electron chi connectivity index (χ3n) is 2.63. The van der Waals surface area contributed by atoms with Crippen LogP contribution in [0.3, 0.4) is 0 Å². The smallest absolute Gasteiger partial charge is 0.325 e. The molecule has 0 spiro atoms. The third-order valence-corrected chi connectivity index (χ3v) is 2.63. The number of rotatable bonds is 8. The normalized spacial score (nSPS) is 10.6. The summed E-state index contributed by atoms with van der Waals surface area (Å²) < 4.78 is 1.20. The Bertz CT molecular complexity index is 447. The van der Waals surface area contributed by atoms with E-state index in [2.05, 4.69) is 25.8 Å². The standard InChI is InChI=1S/C11H20N6O3/c1-3-16(2)5-4-12-11(20)13-6-9-7-17(15-14-9)8-10(18)19/h7H,3-6,8H2,1-2H3,(H,18,19)(H2,12,13,20). The number of amides is 2. The molecular formula is C11H20N6O3. The molecule has 0 fully saturated rings. The number of carboxylic acids is 1. The highest BCUT2D eigenvalue weighted by Crippen LogP contribution is 1.92. The minimum atomic E-state index is -0.993. The van der Waals surface area contributed by atoms with Gasteiger partial charge < -0.3 is 20.6 Å². The number of carboxylic acid groups (broad SMARTS) is 1. The lowest BCUT2D eigenvalue weighted by molar-refractivity contribution is -0.137. The Balaban J connectivity index is 2.23. The van der Waals surface area contributed by atoms with Gasteiger partial charge in [-0.05, 0) is 13.6 Å². The minimum Gasteiger partial charge on any atom is -0.480 e. The number of likely N-dealkylation sites (N-methyl/N-ethyl adjacent to an activating group) is 1. The summed E-state index contributed by atoms with van der Waals surface area (Å²) in [4.78, 5) is 24.0. The van der Waals surface area contributed by atoms with E-state index in [1.165, 1.54) is 10.9 Å². The summed E-state index contributed by atoms with van der Waals surface area (Å²) in [6.07, 6.45) is 1.49. The molecule has 0 unspecified atom stereocenters. The number of nitrogens with zero attached hydrogens (tertiary/aromatic N) is 4. The Morgan fingerprint density at radius 1 is 1.45 bits per heavy atom. The molecule has 112 valence electrons. The number of nitrogens with one attached hydrogen (secondary N) is 2. The lowest BCUT2D eigenvalue weighted by atomic mass is 10.4. The van der Waals surface area contributed by atoms with Crippen molar-refractivity contribution in [1.82, 2.24) is 30.5 Å². The van der Waals surface area contributed by atoms with Crippen LogP contribution in [0.5, 0.6) is 0 Å². The Labute approximate surface area is 116 Å².